The van der Waals surface area contributed by atoms with Crippen LogP contribution in [0.25, 0.3) is 0 Å². The number of benzene rings is 1. The standard InChI is InChI=1S/C16H17NO5S2/c1-17(13(16(19)20)8-11-6-4-3-5-7-11)15(18)12-9-14(23-10-12)24(2,21)22/h3-7,9-10,13H,8H2,1-2H3,(H,19,20). The van der Waals surface area contributed by atoms with Gasteiger partial charge >= 0.3 is 5.97 Å². The molecule has 1 atom stereocenters. The lowest BCUT2D eigenvalue weighted by molar-refractivity contribution is -0.141. The third-order valence-corrected chi connectivity index (χ3v) is 6.30. The molecule has 0 aliphatic rings. The maximum atomic E-state index is 12.5. The van der Waals surface area contributed by atoms with Gasteiger partial charge in [0.25, 0.3) is 5.91 Å². The number of thiophene rings is 1. The quantitative estimate of drug-likeness (QED) is 0.842. The molecule has 0 spiro atoms. The summed E-state index contributed by atoms with van der Waals surface area (Å²) in [7, 11) is -1.99. The Kier molecular flexibility index (Phi) is 5.40. The Morgan fingerprint density at radius 3 is 2.38 bits per heavy atom. The fourth-order valence-corrected chi connectivity index (χ4v) is 3.99. The average molecular weight is 367 g/mol. The second-order valence-corrected chi connectivity index (χ2v) is 8.54. The molecule has 0 fully saturated rings. The molecule has 2 rings (SSSR count). The van der Waals surface area contributed by atoms with E-state index in [9.17, 15) is 23.1 Å². The van der Waals surface area contributed by atoms with Crippen molar-refractivity contribution in [1.29, 1.82) is 0 Å². The first-order valence-electron chi connectivity index (χ1n) is 7.02. The van der Waals surface area contributed by atoms with Gasteiger partial charge in [-0.2, -0.15) is 0 Å². The Bertz CT molecular complexity index is 842. The van der Waals surface area contributed by atoms with Gasteiger partial charge in [-0.1, -0.05) is 30.3 Å². The number of likely N-dealkylation sites (N-methyl/N-ethyl adjacent to an activating group) is 1. The number of rotatable bonds is 6. The van der Waals surface area contributed by atoms with Crippen molar-refractivity contribution >= 4 is 33.1 Å². The summed E-state index contributed by atoms with van der Waals surface area (Å²) in [6, 6.07) is 9.25. The molecule has 0 saturated carbocycles. The molecular weight excluding hydrogens is 350 g/mol. The Balaban J connectivity index is 2.23. The predicted molar refractivity (Wildman–Crippen MR) is 91.1 cm³/mol. The van der Waals surface area contributed by atoms with E-state index >= 15 is 0 Å². The molecule has 128 valence electrons. The van der Waals surface area contributed by atoms with Crippen LogP contribution in [0.2, 0.25) is 0 Å². The highest BCUT2D eigenvalue weighted by molar-refractivity contribution is 7.92. The largest absolute Gasteiger partial charge is 0.480 e. The maximum Gasteiger partial charge on any atom is 0.326 e. The average Bonchev–Trinajstić information content (AvgIpc) is 3.02. The topological polar surface area (TPSA) is 91.8 Å². The molecule has 0 radical (unpaired) electrons. The van der Waals surface area contributed by atoms with Gasteiger partial charge in [0.1, 0.15) is 10.3 Å². The number of carbonyl (C=O) groups is 2. The van der Waals surface area contributed by atoms with Crippen molar-refractivity contribution in [3.63, 3.8) is 0 Å². The minimum Gasteiger partial charge on any atom is -0.480 e. The van der Waals surface area contributed by atoms with Crippen LogP contribution in [0, 0.1) is 0 Å². The zero-order valence-corrected chi connectivity index (χ0v) is 14.8. The molecule has 1 unspecified atom stereocenters. The zero-order valence-electron chi connectivity index (χ0n) is 13.2. The van der Waals surface area contributed by atoms with Crippen LogP contribution >= 0.6 is 11.3 Å². The van der Waals surface area contributed by atoms with Crippen molar-refractivity contribution < 1.29 is 23.1 Å². The summed E-state index contributed by atoms with van der Waals surface area (Å²) in [5, 5.41) is 10.9. The van der Waals surface area contributed by atoms with Gasteiger partial charge in [0.2, 0.25) is 0 Å². The van der Waals surface area contributed by atoms with E-state index < -0.39 is 27.8 Å². The molecule has 24 heavy (non-hydrogen) atoms. The third kappa shape index (κ3) is 4.21. The van der Waals surface area contributed by atoms with Crippen molar-refractivity contribution in [1.82, 2.24) is 4.90 Å². The van der Waals surface area contributed by atoms with Gasteiger partial charge in [0.05, 0.1) is 5.56 Å². The Hall–Kier alpha value is -2.19. The van der Waals surface area contributed by atoms with Gasteiger partial charge < -0.3 is 10.0 Å². The number of nitrogens with zero attached hydrogens (tertiary/aromatic N) is 1. The molecule has 0 saturated heterocycles. The highest BCUT2D eigenvalue weighted by atomic mass is 32.2. The molecular formula is C16H17NO5S2. The first kappa shape index (κ1) is 18.2. The van der Waals surface area contributed by atoms with Gasteiger partial charge in [-0.3, -0.25) is 4.79 Å². The van der Waals surface area contributed by atoms with Crippen LogP contribution in [-0.2, 0) is 21.1 Å². The Morgan fingerprint density at radius 2 is 1.88 bits per heavy atom. The van der Waals surface area contributed by atoms with Crippen LogP contribution in [0.15, 0.2) is 46.0 Å². The number of carbonyl (C=O) groups excluding carboxylic acids is 1. The summed E-state index contributed by atoms with van der Waals surface area (Å²) in [4.78, 5) is 25.2. The molecule has 1 heterocycles. The van der Waals surface area contributed by atoms with Gasteiger partial charge in [-0.05, 0) is 11.6 Å². The zero-order chi connectivity index (χ0) is 17.9. The molecule has 8 heteroatoms. The van der Waals surface area contributed by atoms with Gasteiger partial charge in [0, 0.05) is 25.1 Å². The number of sulfone groups is 1. The number of amides is 1. The highest BCUT2D eigenvalue weighted by Gasteiger charge is 2.28. The summed E-state index contributed by atoms with van der Waals surface area (Å²) < 4.78 is 23.1. The minimum atomic E-state index is -3.39. The summed E-state index contributed by atoms with van der Waals surface area (Å²) in [6.45, 7) is 0. The second kappa shape index (κ2) is 7.14. The highest BCUT2D eigenvalue weighted by Crippen LogP contribution is 2.22. The van der Waals surface area contributed by atoms with Gasteiger partial charge in [-0.15, -0.1) is 11.3 Å². The fraction of sp³-hybridized carbons (Fsp3) is 0.250. The van der Waals surface area contributed by atoms with Crippen molar-refractivity contribution in [2.24, 2.45) is 0 Å². The van der Waals surface area contributed by atoms with Crippen molar-refractivity contribution in [2.75, 3.05) is 13.3 Å². The molecule has 1 N–H and O–H groups in total. The smallest absolute Gasteiger partial charge is 0.326 e. The van der Waals surface area contributed by atoms with Crippen molar-refractivity contribution in [2.45, 2.75) is 16.7 Å². The molecule has 6 nitrogen and oxygen atoms in total. The summed E-state index contributed by atoms with van der Waals surface area (Å²) in [5.74, 6) is -1.64. The Labute approximate surface area is 144 Å². The monoisotopic (exact) mass is 367 g/mol. The molecule has 0 aliphatic carbocycles. The molecule has 1 amide bonds. The molecule has 1 aromatic heterocycles. The molecule has 1 aromatic carbocycles. The molecule has 0 aliphatic heterocycles. The maximum absolute atomic E-state index is 12.5. The number of hydrogen-bond donors (Lipinski definition) is 1. The van der Waals surface area contributed by atoms with Crippen LogP contribution in [0.1, 0.15) is 15.9 Å². The van der Waals surface area contributed by atoms with Crippen LogP contribution < -0.4 is 0 Å². The van der Waals surface area contributed by atoms with E-state index in [2.05, 4.69) is 0 Å². The van der Waals surface area contributed by atoms with E-state index in [1.807, 2.05) is 6.07 Å². The number of aliphatic carboxylic acids is 1. The first-order chi connectivity index (χ1) is 11.2. The van der Waals surface area contributed by atoms with Crippen molar-refractivity contribution in [3.8, 4) is 0 Å². The predicted octanol–water partition coefficient (Wildman–Crippen LogP) is 1.92. The van der Waals surface area contributed by atoms with Crippen molar-refractivity contribution in [3.05, 3.63) is 52.9 Å². The van der Waals surface area contributed by atoms with E-state index in [1.165, 1.54) is 18.5 Å². The summed E-state index contributed by atoms with van der Waals surface area (Å²) in [6.07, 6.45) is 1.23. The fourth-order valence-electron chi connectivity index (χ4n) is 2.20. The lowest BCUT2D eigenvalue weighted by atomic mass is 10.0. The molecule has 2 aromatic rings. The van der Waals surface area contributed by atoms with E-state index in [-0.39, 0.29) is 16.2 Å². The Morgan fingerprint density at radius 1 is 1.25 bits per heavy atom. The first-order valence-corrected chi connectivity index (χ1v) is 9.79. The number of hydrogen-bond acceptors (Lipinski definition) is 5. The van der Waals surface area contributed by atoms with E-state index in [0.29, 0.717) is 0 Å². The SMILES string of the molecule is CN(C(=O)c1csc(S(C)(=O)=O)c1)C(Cc1ccccc1)C(=O)O. The van der Waals surface area contributed by atoms with Crippen LogP contribution in [0.4, 0.5) is 0 Å². The summed E-state index contributed by atoms with van der Waals surface area (Å²) in [5.41, 5.74) is 0.967. The normalized spacial score (nSPS) is 12.6. The second-order valence-electron chi connectivity index (χ2n) is 5.39. The lowest BCUT2D eigenvalue weighted by Crippen LogP contribution is -2.43. The van der Waals surface area contributed by atoms with E-state index in [4.69, 9.17) is 0 Å². The summed E-state index contributed by atoms with van der Waals surface area (Å²) >= 11 is 0.943. The van der Waals surface area contributed by atoms with E-state index in [1.54, 1.807) is 24.3 Å². The number of carboxylic acid groups (broad SMARTS) is 1. The third-order valence-electron chi connectivity index (χ3n) is 3.53. The van der Waals surface area contributed by atoms with Crippen LogP contribution in [-0.4, -0.2) is 49.6 Å². The minimum absolute atomic E-state index is 0.0779. The van der Waals surface area contributed by atoms with E-state index in [0.717, 1.165) is 28.1 Å². The lowest BCUT2D eigenvalue weighted by Gasteiger charge is -2.24. The van der Waals surface area contributed by atoms with Crippen LogP contribution in [0.3, 0.4) is 0 Å². The van der Waals surface area contributed by atoms with Crippen LogP contribution in [0.5, 0.6) is 0 Å². The molecule has 0 bridgehead atoms. The number of carboxylic acids is 1. The van der Waals surface area contributed by atoms with Gasteiger partial charge in [-0.25, -0.2) is 13.2 Å². The van der Waals surface area contributed by atoms with Gasteiger partial charge in [0.15, 0.2) is 9.84 Å².